The van der Waals surface area contributed by atoms with Gasteiger partial charge < -0.3 is 9.55 Å². The van der Waals surface area contributed by atoms with E-state index >= 15 is 0 Å². The van der Waals surface area contributed by atoms with Gasteiger partial charge in [-0.25, -0.2) is 9.97 Å². The summed E-state index contributed by atoms with van der Waals surface area (Å²) in [6.45, 7) is 2.00. The number of benzene rings is 1. The molecule has 0 aliphatic heterocycles. The zero-order valence-electron chi connectivity index (χ0n) is 17.1. The van der Waals surface area contributed by atoms with E-state index in [2.05, 4.69) is 59.0 Å². The van der Waals surface area contributed by atoms with Crippen LogP contribution in [0.4, 0.5) is 0 Å². The van der Waals surface area contributed by atoms with Crippen molar-refractivity contribution >= 4 is 21.9 Å². The summed E-state index contributed by atoms with van der Waals surface area (Å²) in [5, 5.41) is 9.82. The summed E-state index contributed by atoms with van der Waals surface area (Å²) >= 11 is 0. The number of imidazole rings is 1. The summed E-state index contributed by atoms with van der Waals surface area (Å²) in [7, 11) is 2.03. The van der Waals surface area contributed by atoms with Crippen molar-refractivity contribution in [1.29, 1.82) is 0 Å². The first-order chi connectivity index (χ1) is 15.2. The molecule has 0 amide bonds. The zero-order chi connectivity index (χ0) is 20.9. The lowest BCUT2D eigenvalue weighted by molar-refractivity contribution is 0.865. The third-order valence-electron chi connectivity index (χ3n) is 5.81. The Bertz CT molecular complexity index is 1550. The highest BCUT2D eigenvalue weighted by atomic mass is 15.1. The predicted molar refractivity (Wildman–Crippen MR) is 121 cm³/mol. The Labute approximate surface area is 177 Å². The summed E-state index contributed by atoms with van der Waals surface area (Å²) < 4.78 is 2.09. The van der Waals surface area contributed by atoms with Crippen molar-refractivity contribution in [2.24, 2.45) is 7.05 Å². The Kier molecular flexibility index (Phi) is 3.76. The lowest BCUT2D eigenvalue weighted by Gasteiger charge is -2.04. The van der Waals surface area contributed by atoms with Crippen LogP contribution in [0.25, 0.3) is 55.8 Å². The predicted octanol–water partition coefficient (Wildman–Crippen LogP) is 4.88. The number of hydrogen-bond donors (Lipinski definition) is 2. The standard InChI is InChI=1S/C24H19N7/c1-14-27-13-22(31(14)2)15-6-7-20-18(11-15)23(30-29-20)21-12-17-16(8-10-26-24(17)28-21)19-5-3-4-9-25-19/h3-13H,1-2H3,(H,26,28)(H,29,30). The van der Waals surface area contributed by atoms with E-state index in [0.29, 0.717) is 0 Å². The van der Waals surface area contributed by atoms with E-state index in [4.69, 9.17) is 0 Å². The average Bonchev–Trinajstić information content (AvgIpc) is 3.50. The van der Waals surface area contributed by atoms with Crippen LogP contribution in [0.3, 0.4) is 0 Å². The summed E-state index contributed by atoms with van der Waals surface area (Å²) in [5.74, 6) is 0.978. The molecule has 7 heteroatoms. The molecule has 0 saturated carbocycles. The molecule has 0 saturated heterocycles. The van der Waals surface area contributed by atoms with Crippen LogP contribution in [0, 0.1) is 6.92 Å². The maximum absolute atomic E-state index is 4.60. The number of nitrogens with one attached hydrogen (secondary N) is 2. The molecule has 0 fully saturated rings. The Morgan fingerprint density at radius 2 is 1.84 bits per heavy atom. The molecule has 5 heterocycles. The molecule has 150 valence electrons. The Hall–Kier alpha value is -4.26. The lowest BCUT2D eigenvalue weighted by Crippen LogP contribution is -1.94. The summed E-state index contributed by atoms with van der Waals surface area (Å²) in [4.78, 5) is 16.9. The number of hydrogen-bond acceptors (Lipinski definition) is 4. The van der Waals surface area contributed by atoms with Crippen molar-refractivity contribution < 1.29 is 0 Å². The Morgan fingerprint density at radius 1 is 0.903 bits per heavy atom. The second-order valence-electron chi connectivity index (χ2n) is 7.60. The fourth-order valence-electron chi connectivity index (χ4n) is 4.05. The molecule has 7 nitrogen and oxygen atoms in total. The average molecular weight is 405 g/mol. The van der Waals surface area contributed by atoms with Gasteiger partial charge in [0.15, 0.2) is 0 Å². The Morgan fingerprint density at radius 3 is 2.65 bits per heavy atom. The van der Waals surface area contributed by atoms with Gasteiger partial charge >= 0.3 is 0 Å². The molecule has 0 atom stereocenters. The monoisotopic (exact) mass is 405 g/mol. The van der Waals surface area contributed by atoms with Crippen LogP contribution in [0.15, 0.2) is 67.1 Å². The SMILES string of the molecule is Cc1ncc(-c2ccc3[nH]nc(-c4cc5c(-c6ccccn6)ccnc5[nH]4)c3c2)n1C. The Balaban J connectivity index is 1.52. The van der Waals surface area contributed by atoms with Crippen molar-refractivity contribution in [1.82, 2.24) is 34.7 Å². The normalized spacial score (nSPS) is 11.5. The van der Waals surface area contributed by atoms with Gasteiger partial charge in [-0.1, -0.05) is 12.1 Å². The molecule has 0 unspecified atom stereocenters. The molecule has 5 aromatic heterocycles. The molecule has 2 N–H and O–H groups in total. The van der Waals surface area contributed by atoms with E-state index in [1.807, 2.05) is 44.4 Å². The molecule has 31 heavy (non-hydrogen) atoms. The van der Waals surface area contributed by atoms with E-state index in [1.165, 1.54) is 0 Å². The fraction of sp³-hybridized carbons (Fsp3) is 0.0833. The second-order valence-corrected chi connectivity index (χ2v) is 7.60. The van der Waals surface area contributed by atoms with Crippen molar-refractivity contribution in [3.8, 4) is 33.9 Å². The molecule has 1 aromatic carbocycles. The van der Waals surface area contributed by atoms with Gasteiger partial charge in [0.2, 0.25) is 0 Å². The minimum absolute atomic E-state index is 0.813. The number of pyridine rings is 2. The van der Waals surface area contributed by atoms with Gasteiger partial charge in [0, 0.05) is 41.3 Å². The van der Waals surface area contributed by atoms with E-state index in [-0.39, 0.29) is 0 Å². The highest BCUT2D eigenvalue weighted by Crippen LogP contribution is 2.34. The topological polar surface area (TPSA) is 88.1 Å². The molecular formula is C24H19N7. The van der Waals surface area contributed by atoms with Gasteiger partial charge in [-0.3, -0.25) is 10.1 Å². The first kappa shape index (κ1) is 17.6. The third-order valence-corrected chi connectivity index (χ3v) is 5.81. The molecule has 0 aliphatic carbocycles. The second kappa shape index (κ2) is 6.63. The summed E-state index contributed by atoms with van der Waals surface area (Å²) in [6.07, 6.45) is 5.51. The highest BCUT2D eigenvalue weighted by molar-refractivity contribution is 6.00. The minimum Gasteiger partial charge on any atom is -0.338 e. The number of H-pyrrole nitrogens is 2. The highest BCUT2D eigenvalue weighted by Gasteiger charge is 2.16. The number of fused-ring (bicyclic) bond motifs is 2. The van der Waals surface area contributed by atoms with Crippen LogP contribution in [0.2, 0.25) is 0 Å². The first-order valence-electron chi connectivity index (χ1n) is 10.1. The fourth-order valence-corrected chi connectivity index (χ4v) is 4.05. The molecule has 6 aromatic rings. The lowest BCUT2D eigenvalue weighted by atomic mass is 10.1. The number of nitrogens with zero attached hydrogens (tertiary/aromatic N) is 5. The van der Waals surface area contributed by atoms with E-state index in [1.54, 1.807) is 12.4 Å². The molecule has 6 rings (SSSR count). The van der Waals surface area contributed by atoms with Crippen LogP contribution < -0.4 is 0 Å². The maximum Gasteiger partial charge on any atom is 0.138 e. The van der Waals surface area contributed by atoms with Gasteiger partial charge in [0.1, 0.15) is 17.2 Å². The van der Waals surface area contributed by atoms with E-state index in [0.717, 1.165) is 61.7 Å². The first-order valence-corrected chi connectivity index (χ1v) is 10.1. The van der Waals surface area contributed by atoms with Gasteiger partial charge in [-0.15, -0.1) is 0 Å². The van der Waals surface area contributed by atoms with Crippen molar-refractivity contribution in [2.45, 2.75) is 6.92 Å². The van der Waals surface area contributed by atoms with E-state index < -0.39 is 0 Å². The summed E-state index contributed by atoms with van der Waals surface area (Å²) in [5.41, 5.74) is 7.70. The van der Waals surface area contributed by atoms with Crippen molar-refractivity contribution in [2.75, 3.05) is 0 Å². The molecule has 0 spiro atoms. The van der Waals surface area contributed by atoms with Gasteiger partial charge in [0.25, 0.3) is 0 Å². The van der Waals surface area contributed by atoms with Gasteiger partial charge in [-0.2, -0.15) is 5.10 Å². The van der Waals surface area contributed by atoms with Crippen LogP contribution in [0.5, 0.6) is 0 Å². The van der Waals surface area contributed by atoms with E-state index in [9.17, 15) is 0 Å². The van der Waals surface area contributed by atoms with Crippen molar-refractivity contribution in [3.05, 3.63) is 72.9 Å². The maximum atomic E-state index is 4.60. The van der Waals surface area contributed by atoms with Gasteiger partial charge in [-0.05, 0) is 43.3 Å². The van der Waals surface area contributed by atoms with Crippen LogP contribution in [-0.4, -0.2) is 34.7 Å². The largest absolute Gasteiger partial charge is 0.338 e. The summed E-state index contributed by atoms with van der Waals surface area (Å²) in [6, 6.07) is 16.3. The van der Waals surface area contributed by atoms with Crippen LogP contribution in [0.1, 0.15) is 5.82 Å². The smallest absolute Gasteiger partial charge is 0.138 e. The van der Waals surface area contributed by atoms with Crippen molar-refractivity contribution in [3.63, 3.8) is 0 Å². The number of aryl methyl sites for hydroxylation is 1. The molecule has 0 aliphatic rings. The number of aromatic nitrogens is 7. The third kappa shape index (κ3) is 2.74. The quantitative estimate of drug-likeness (QED) is 0.439. The molecular weight excluding hydrogens is 386 g/mol. The number of rotatable bonds is 3. The van der Waals surface area contributed by atoms with Crippen LogP contribution >= 0.6 is 0 Å². The zero-order valence-corrected chi connectivity index (χ0v) is 17.1. The van der Waals surface area contributed by atoms with Gasteiger partial charge in [0.05, 0.1) is 28.8 Å². The van der Waals surface area contributed by atoms with Crippen LogP contribution in [-0.2, 0) is 7.05 Å². The minimum atomic E-state index is 0.813. The molecule has 0 bridgehead atoms. The molecule has 0 radical (unpaired) electrons. The number of aromatic amines is 2.